The van der Waals surface area contributed by atoms with E-state index < -0.39 is 0 Å². The van der Waals surface area contributed by atoms with Gasteiger partial charge in [0, 0.05) is 0 Å². The first-order chi connectivity index (χ1) is 3.38. The van der Waals surface area contributed by atoms with E-state index in [9.17, 15) is 0 Å². The van der Waals surface area contributed by atoms with Gasteiger partial charge in [-0.1, -0.05) is 13.8 Å². The summed E-state index contributed by atoms with van der Waals surface area (Å²) in [6.07, 6.45) is 3.62. The molecular formula is C6H12O. The summed E-state index contributed by atoms with van der Waals surface area (Å²) in [4.78, 5) is 0. The molecule has 0 aliphatic carbocycles. The smallest absolute Gasteiger partial charge is 0.0839 e. The Morgan fingerprint density at radius 3 is 1.71 bits per heavy atom. The fourth-order valence-corrected chi connectivity index (χ4v) is 0.897. The SMILES string of the molecule is CC[C@H]1O[C@@H]1CC. The van der Waals surface area contributed by atoms with Crippen LogP contribution in [0.5, 0.6) is 0 Å². The highest BCUT2D eigenvalue weighted by atomic mass is 16.6. The van der Waals surface area contributed by atoms with E-state index in [2.05, 4.69) is 13.8 Å². The van der Waals surface area contributed by atoms with Gasteiger partial charge < -0.3 is 4.74 Å². The minimum atomic E-state index is 0.616. The average molecular weight is 100 g/mol. The summed E-state index contributed by atoms with van der Waals surface area (Å²) < 4.78 is 5.22. The molecule has 0 aromatic carbocycles. The first kappa shape index (κ1) is 5.10. The van der Waals surface area contributed by atoms with Crippen molar-refractivity contribution in [2.24, 2.45) is 0 Å². The third-order valence-electron chi connectivity index (χ3n) is 1.49. The molecule has 0 unspecified atom stereocenters. The largest absolute Gasteiger partial charge is 0.370 e. The fraction of sp³-hybridized carbons (Fsp3) is 1.00. The first-order valence-corrected chi connectivity index (χ1v) is 3.04. The summed E-state index contributed by atoms with van der Waals surface area (Å²) >= 11 is 0. The third kappa shape index (κ3) is 0.942. The predicted molar refractivity (Wildman–Crippen MR) is 29.2 cm³/mol. The van der Waals surface area contributed by atoms with Crippen molar-refractivity contribution >= 4 is 0 Å². The van der Waals surface area contributed by atoms with Gasteiger partial charge in [0.15, 0.2) is 0 Å². The Morgan fingerprint density at radius 2 is 1.57 bits per heavy atom. The quantitative estimate of drug-likeness (QED) is 0.480. The Hall–Kier alpha value is -0.0400. The van der Waals surface area contributed by atoms with Crippen molar-refractivity contribution in [2.45, 2.75) is 38.9 Å². The summed E-state index contributed by atoms with van der Waals surface area (Å²) in [5.74, 6) is 0. The molecule has 7 heavy (non-hydrogen) atoms. The van der Waals surface area contributed by atoms with Gasteiger partial charge in [0.05, 0.1) is 12.2 Å². The highest BCUT2D eigenvalue weighted by molar-refractivity contribution is 4.81. The van der Waals surface area contributed by atoms with Crippen LogP contribution in [0.1, 0.15) is 26.7 Å². The van der Waals surface area contributed by atoms with Gasteiger partial charge in [0.1, 0.15) is 0 Å². The maximum Gasteiger partial charge on any atom is 0.0839 e. The zero-order valence-electron chi connectivity index (χ0n) is 4.98. The topological polar surface area (TPSA) is 12.5 Å². The molecule has 1 saturated heterocycles. The van der Waals surface area contributed by atoms with Crippen molar-refractivity contribution in [1.82, 2.24) is 0 Å². The minimum absolute atomic E-state index is 0.616. The molecule has 1 nitrogen and oxygen atoms in total. The van der Waals surface area contributed by atoms with E-state index >= 15 is 0 Å². The van der Waals surface area contributed by atoms with Gasteiger partial charge in [-0.3, -0.25) is 0 Å². The third-order valence-corrected chi connectivity index (χ3v) is 1.49. The summed E-state index contributed by atoms with van der Waals surface area (Å²) in [5, 5.41) is 0. The molecule has 0 aromatic rings. The van der Waals surface area contributed by atoms with Crippen LogP contribution in [-0.2, 0) is 4.74 Å². The Labute approximate surface area is 44.7 Å². The van der Waals surface area contributed by atoms with Gasteiger partial charge in [-0.25, -0.2) is 0 Å². The molecule has 1 heteroatoms. The van der Waals surface area contributed by atoms with Crippen molar-refractivity contribution in [3.05, 3.63) is 0 Å². The minimum Gasteiger partial charge on any atom is -0.370 e. The lowest BCUT2D eigenvalue weighted by atomic mass is 10.2. The molecule has 2 atom stereocenters. The highest BCUT2D eigenvalue weighted by Crippen LogP contribution is 2.26. The van der Waals surface area contributed by atoms with Crippen LogP contribution in [0, 0.1) is 0 Å². The molecule has 42 valence electrons. The monoisotopic (exact) mass is 100 g/mol. The second-order valence-electron chi connectivity index (χ2n) is 2.03. The Kier molecular flexibility index (Phi) is 1.33. The molecule has 0 bridgehead atoms. The van der Waals surface area contributed by atoms with Crippen LogP contribution in [-0.4, -0.2) is 12.2 Å². The first-order valence-electron chi connectivity index (χ1n) is 3.04. The zero-order valence-corrected chi connectivity index (χ0v) is 4.98. The number of rotatable bonds is 2. The van der Waals surface area contributed by atoms with Crippen LogP contribution in [0.25, 0.3) is 0 Å². The Bertz CT molecular complexity index is 53.2. The van der Waals surface area contributed by atoms with Crippen LogP contribution >= 0.6 is 0 Å². The van der Waals surface area contributed by atoms with E-state index in [4.69, 9.17) is 4.74 Å². The van der Waals surface area contributed by atoms with Crippen LogP contribution in [0.4, 0.5) is 0 Å². The molecule has 0 spiro atoms. The molecular weight excluding hydrogens is 88.1 g/mol. The molecule has 0 radical (unpaired) electrons. The maximum absolute atomic E-state index is 5.22. The zero-order chi connectivity index (χ0) is 5.28. The van der Waals surface area contributed by atoms with E-state index in [0.717, 1.165) is 0 Å². The van der Waals surface area contributed by atoms with Gasteiger partial charge in [0.2, 0.25) is 0 Å². The predicted octanol–water partition coefficient (Wildman–Crippen LogP) is 1.57. The van der Waals surface area contributed by atoms with Crippen LogP contribution in [0.3, 0.4) is 0 Å². The second kappa shape index (κ2) is 1.83. The maximum atomic E-state index is 5.22. The highest BCUT2D eigenvalue weighted by Gasteiger charge is 2.34. The lowest BCUT2D eigenvalue weighted by Crippen LogP contribution is -1.87. The number of epoxide rings is 1. The van der Waals surface area contributed by atoms with Crippen molar-refractivity contribution in [2.75, 3.05) is 0 Å². The number of hydrogen-bond acceptors (Lipinski definition) is 1. The summed E-state index contributed by atoms with van der Waals surface area (Å²) in [5.41, 5.74) is 0. The standard InChI is InChI=1S/C6H12O/c1-3-5-6(4-2)7-5/h5-6H,3-4H2,1-2H3/t5-,6-/m1/s1. The van der Waals surface area contributed by atoms with E-state index in [1.165, 1.54) is 12.8 Å². The van der Waals surface area contributed by atoms with Crippen molar-refractivity contribution < 1.29 is 4.74 Å². The molecule has 1 fully saturated rings. The van der Waals surface area contributed by atoms with Gasteiger partial charge in [-0.15, -0.1) is 0 Å². The second-order valence-corrected chi connectivity index (χ2v) is 2.03. The molecule has 0 amide bonds. The van der Waals surface area contributed by atoms with Gasteiger partial charge in [-0.2, -0.15) is 0 Å². The molecule has 1 heterocycles. The average Bonchev–Trinajstić information content (AvgIpc) is 2.43. The van der Waals surface area contributed by atoms with E-state index in [-0.39, 0.29) is 0 Å². The van der Waals surface area contributed by atoms with Crippen LogP contribution < -0.4 is 0 Å². The lowest BCUT2D eigenvalue weighted by Gasteiger charge is -1.77. The van der Waals surface area contributed by atoms with Crippen molar-refractivity contribution in [3.8, 4) is 0 Å². The fourth-order valence-electron chi connectivity index (χ4n) is 0.897. The molecule has 0 N–H and O–H groups in total. The number of hydrogen-bond donors (Lipinski definition) is 0. The Morgan fingerprint density at radius 1 is 1.14 bits per heavy atom. The van der Waals surface area contributed by atoms with Crippen LogP contribution in [0.2, 0.25) is 0 Å². The Balaban J connectivity index is 2.06. The molecule has 0 aromatic heterocycles. The van der Waals surface area contributed by atoms with E-state index in [0.29, 0.717) is 12.2 Å². The van der Waals surface area contributed by atoms with Gasteiger partial charge in [0.25, 0.3) is 0 Å². The van der Waals surface area contributed by atoms with Gasteiger partial charge in [-0.05, 0) is 12.8 Å². The molecule has 1 rings (SSSR count). The molecule has 1 aliphatic rings. The van der Waals surface area contributed by atoms with E-state index in [1.807, 2.05) is 0 Å². The van der Waals surface area contributed by atoms with Crippen molar-refractivity contribution in [1.29, 1.82) is 0 Å². The van der Waals surface area contributed by atoms with Crippen molar-refractivity contribution in [3.63, 3.8) is 0 Å². The van der Waals surface area contributed by atoms with E-state index in [1.54, 1.807) is 0 Å². The summed E-state index contributed by atoms with van der Waals surface area (Å²) in [6.45, 7) is 4.33. The van der Waals surface area contributed by atoms with Crippen LogP contribution in [0.15, 0.2) is 0 Å². The normalized spacial score (nSPS) is 38.6. The molecule has 0 saturated carbocycles. The number of ether oxygens (including phenoxy) is 1. The summed E-state index contributed by atoms with van der Waals surface area (Å²) in [6, 6.07) is 0. The molecule has 1 aliphatic heterocycles. The lowest BCUT2D eigenvalue weighted by molar-refractivity contribution is 0.363. The summed E-state index contributed by atoms with van der Waals surface area (Å²) in [7, 11) is 0. The van der Waals surface area contributed by atoms with Gasteiger partial charge >= 0.3 is 0 Å².